The molecule has 0 atom stereocenters. The summed E-state index contributed by atoms with van der Waals surface area (Å²) in [5.41, 5.74) is 3.06. The minimum Gasteiger partial charge on any atom is -0.367 e. The summed E-state index contributed by atoms with van der Waals surface area (Å²) in [4.78, 5) is 16.4. The van der Waals surface area contributed by atoms with Crippen molar-refractivity contribution in [3.05, 3.63) is 53.3 Å². The molecule has 3 aromatic rings. The number of aromatic nitrogens is 3. The van der Waals surface area contributed by atoms with Gasteiger partial charge in [-0.1, -0.05) is 18.3 Å². The van der Waals surface area contributed by atoms with Crippen LogP contribution in [-0.4, -0.2) is 51.0 Å². The van der Waals surface area contributed by atoms with Gasteiger partial charge in [0.1, 0.15) is 5.82 Å². The second-order valence-corrected chi connectivity index (χ2v) is 9.77. The molecular weight excluding hydrogens is 487 g/mol. The first kappa shape index (κ1) is 24.4. The Morgan fingerprint density at radius 3 is 2.61 bits per heavy atom. The van der Waals surface area contributed by atoms with E-state index in [-0.39, 0.29) is 5.69 Å². The van der Waals surface area contributed by atoms with E-state index in [9.17, 15) is 13.2 Å². The van der Waals surface area contributed by atoms with E-state index >= 15 is 0 Å². The van der Waals surface area contributed by atoms with E-state index in [1.54, 1.807) is 12.4 Å². The predicted molar refractivity (Wildman–Crippen MR) is 139 cm³/mol. The highest BCUT2D eigenvalue weighted by molar-refractivity contribution is 7.80. The SMILES string of the molecule is Cc1cc(NC2CCN(C)CC2)ncc1Nc1ncc2c(n1)-c1ccc(C(F)(F)F)cc1NC(=S)C2. The van der Waals surface area contributed by atoms with Crippen molar-refractivity contribution in [2.24, 2.45) is 0 Å². The maximum Gasteiger partial charge on any atom is 0.416 e. The van der Waals surface area contributed by atoms with E-state index in [4.69, 9.17) is 12.2 Å². The number of nitrogens with zero attached hydrogens (tertiary/aromatic N) is 4. The molecule has 2 aliphatic heterocycles. The van der Waals surface area contributed by atoms with Gasteiger partial charge in [0.15, 0.2) is 0 Å². The maximum absolute atomic E-state index is 13.3. The average molecular weight is 514 g/mol. The number of piperidine rings is 1. The summed E-state index contributed by atoms with van der Waals surface area (Å²) in [5.74, 6) is 1.15. The van der Waals surface area contributed by atoms with Gasteiger partial charge in [-0.15, -0.1) is 0 Å². The Balaban J connectivity index is 1.39. The molecule has 0 unspecified atom stereocenters. The van der Waals surface area contributed by atoms with Crippen molar-refractivity contribution in [1.82, 2.24) is 19.9 Å². The van der Waals surface area contributed by atoms with Crippen molar-refractivity contribution in [1.29, 1.82) is 0 Å². The summed E-state index contributed by atoms with van der Waals surface area (Å²) >= 11 is 5.33. The van der Waals surface area contributed by atoms with Gasteiger partial charge in [0.2, 0.25) is 5.95 Å². The molecule has 0 bridgehead atoms. The van der Waals surface area contributed by atoms with Crippen LogP contribution in [0.5, 0.6) is 0 Å². The predicted octanol–water partition coefficient (Wildman–Crippen LogP) is 5.41. The number of thiocarbonyl (C=S) groups is 1. The number of benzene rings is 1. The highest BCUT2D eigenvalue weighted by atomic mass is 32.1. The highest BCUT2D eigenvalue weighted by Gasteiger charge is 2.32. The van der Waals surface area contributed by atoms with Crippen LogP contribution in [0.3, 0.4) is 0 Å². The smallest absolute Gasteiger partial charge is 0.367 e. The van der Waals surface area contributed by atoms with Crippen LogP contribution in [0, 0.1) is 6.92 Å². The van der Waals surface area contributed by atoms with Crippen molar-refractivity contribution in [3.63, 3.8) is 0 Å². The molecule has 2 aromatic heterocycles. The zero-order chi connectivity index (χ0) is 25.4. The van der Waals surface area contributed by atoms with Crippen LogP contribution in [0.2, 0.25) is 0 Å². The van der Waals surface area contributed by atoms with Gasteiger partial charge in [0.05, 0.1) is 28.1 Å². The van der Waals surface area contributed by atoms with Crippen molar-refractivity contribution in [2.45, 2.75) is 38.4 Å². The Morgan fingerprint density at radius 1 is 1.11 bits per heavy atom. The van der Waals surface area contributed by atoms with E-state index in [0.717, 1.165) is 60.7 Å². The van der Waals surface area contributed by atoms with Crippen LogP contribution in [-0.2, 0) is 12.6 Å². The van der Waals surface area contributed by atoms with Crippen molar-refractivity contribution >= 4 is 40.3 Å². The second-order valence-electron chi connectivity index (χ2n) is 9.28. The van der Waals surface area contributed by atoms with Crippen LogP contribution in [0.1, 0.15) is 29.5 Å². The molecular formula is C25H26F3N7S. The molecule has 7 nitrogen and oxygen atoms in total. The van der Waals surface area contributed by atoms with Gasteiger partial charge in [0, 0.05) is 35.5 Å². The summed E-state index contributed by atoms with van der Waals surface area (Å²) in [6.45, 7) is 4.10. The van der Waals surface area contributed by atoms with Gasteiger partial charge < -0.3 is 20.9 Å². The molecule has 36 heavy (non-hydrogen) atoms. The molecule has 0 spiro atoms. The molecule has 4 heterocycles. The van der Waals surface area contributed by atoms with Crippen LogP contribution >= 0.6 is 12.2 Å². The number of hydrogen-bond donors (Lipinski definition) is 3. The number of anilines is 4. The zero-order valence-corrected chi connectivity index (χ0v) is 20.7. The summed E-state index contributed by atoms with van der Waals surface area (Å²) < 4.78 is 39.8. The monoisotopic (exact) mass is 513 g/mol. The standard InChI is InChI=1S/C25H26F3N7S/c1-14-9-21(31-17-5-7-35(2)8-6-17)29-13-20(14)33-24-30-12-15-10-22(36)32-19-11-16(25(26,27)28)3-4-18(19)23(15)34-24/h3-4,9,11-13,17H,5-8,10H2,1-2H3,(H,29,31)(H,32,36)(H,30,33,34). The molecule has 0 aliphatic carbocycles. The molecule has 1 fully saturated rings. The first-order valence-corrected chi connectivity index (χ1v) is 12.1. The average Bonchev–Trinajstić information content (AvgIpc) is 2.96. The van der Waals surface area contributed by atoms with Crippen LogP contribution in [0.15, 0.2) is 36.7 Å². The molecule has 0 amide bonds. The molecule has 11 heteroatoms. The lowest BCUT2D eigenvalue weighted by Gasteiger charge is -2.29. The number of likely N-dealkylation sites (tertiary alicyclic amines) is 1. The number of hydrogen-bond acceptors (Lipinski definition) is 7. The first-order valence-electron chi connectivity index (χ1n) is 11.7. The van der Waals surface area contributed by atoms with E-state index in [2.05, 4.69) is 42.8 Å². The molecule has 3 N–H and O–H groups in total. The fourth-order valence-corrected chi connectivity index (χ4v) is 4.74. The Bertz CT molecular complexity index is 1300. The second kappa shape index (κ2) is 9.62. The molecule has 5 rings (SSSR count). The first-order chi connectivity index (χ1) is 17.2. The lowest BCUT2D eigenvalue weighted by atomic mass is 10.0. The fraction of sp³-hybridized carbons (Fsp3) is 0.360. The van der Waals surface area contributed by atoms with Gasteiger partial charge in [-0.05, 0) is 63.7 Å². The number of alkyl halides is 3. The van der Waals surface area contributed by atoms with Crippen molar-refractivity contribution < 1.29 is 13.2 Å². The Kier molecular flexibility index (Phi) is 6.52. The third kappa shape index (κ3) is 5.26. The van der Waals surface area contributed by atoms with Gasteiger partial charge in [-0.25, -0.2) is 15.0 Å². The topological polar surface area (TPSA) is 78.0 Å². The van der Waals surface area contributed by atoms with Gasteiger partial charge in [-0.3, -0.25) is 0 Å². The summed E-state index contributed by atoms with van der Waals surface area (Å²) in [5, 5.41) is 9.65. The summed E-state index contributed by atoms with van der Waals surface area (Å²) in [6, 6.07) is 5.93. The highest BCUT2D eigenvalue weighted by Crippen LogP contribution is 2.38. The molecule has 0 radical (unpaired) electrons. The van der Waals surface area contributed by atoms with Crippen LogP contribution < -0.4 is 16.0 Å². The molecule has 1 aromatic carbocycles. The summed E-state index contributed by atoms with van der Waals surface area (Å²) in [7, 11) is 2.13. The van der Waals surface area contributed by atoms with Crippen molar-refractivity contribution in [2.75, 3.05) is 36.1 Å². The van der Waals surface area contributed by atoms with E-state index in [1.165, 1.54) is 6.07 Å². The molecule has 188 valence electrons. The van der Waals surface area contributed by atoms with Gasteiger partial charge in [-0.2, -0.15) is 13.2 Å². The van der Waals surface area contributed by atoms with Gasteiger partial charge in [0.25, 0.3) is 0 Å². The Labute approximate surface area is 212 Å². The third-order valence-electron chi connectivity index (χ3n) is 6.52. The zero-order valence-electron chi connectivity index (χ0n) is 19.9. The molecule has 2 aliphatic rings. The molecule has 1 saturated heterocycles. The lowest BCUT2D eigenvalue weighted by Crippen LogP contribution is -2.36. The van der Waals surface area contributed by atoms with Gasteiger partial charge >= 0.3 is 6.18 Å². The number of fused-ring (bicyclic) bond motifs is 3. The largest absolute Gasteiger partial charge is 0.416 e. The number of rotatable bonds is 4. The Morgan fingerprint density at radius 2 is 1.89 bits per heavy atom. The number of pyridine rings is 1. The van der Waals surface area contributed by atoms with E-state index in [0.29, 0.717) is 34.7 Å². The fourth-order valence-electron chi connectivity index (χ4n) is 4.48. The van der Waals surface area contributed by atoms with E-state index in [1.807, 2.05) is 13.0 Å². The number of halogens is 3. The normalized spacial score (nSPS) is 16.5. The van der Waals surface area contributed by atoms with Crippen LogP contribution in [0.25, 0.3) is 11.3 Å². The number of nitrogens with one attached hydrogen (secondary N) is 3. The maximum atomic E-state index is 13.3. The van der Waals surface area contributed by atoms with Crippen LogP contribution in [0.4, 0.5) is 36.3 Å². The Hall–Kier alpha value is -3.31. The lowest BCUT2D eigenvalue weighted by molar-refractivity contribution is -0.137. The number of aryl methyl sites for hydroxylation is 1. The van der Waals surface area contributed by atoms with E-state index < -0.39 is 11.7 Å². The summed E-state index contributed by atoms with van der Waals surface area (Å²) in [6.07, 6.45) is 1.42. The molecule has 0 saturated carbocycles. The third-order valence-corrected chi connectivity index (χ3v) is 6.77. The van der Waals surface area contributed by atoms with Crippen molar-refractivity contribution in [3.8, 4) is 11.3 Å². The minimum atomic E-state index is -4.45. The quantitative estimate of drug-likeness (QED) is 0.400. The minimum absolute atomic E-state index is 0.278.